The van der Waals surface area contributed by atoms with E-state index in [1.165, 1.54) is 49.0 Å². The van der Waals surface area contributed by atoms with E-state index in [-0.39, 0.29) is 0 Å². The molecule has 0 saturated carbocycles. The Hall–Kier alpha value is -1.10. The zero-order chi connectivity index (χ0) is 18.4. The van der Waals surface area contributed by atoms with Gasteiger partial charge in [0.1, 0.15) is 5.75 Å². The van der Waals surface area contributed by atoms with E-state index in [0.29, 0.717) is 6.04 Å². The van der Waals surface area contributed by atoms with E-state index >= 15 is 0 Å². The maximum Gasteiger partial charge on any atom is 0.122 e. The summed E-state index contributed by atoms with van der Waals surface area (Å²) in [4.78, 5) is 5.10. The molecule has 26 heavy (non-hydrogen) atoms. The smallest absolute Gasteiger partial charge is 0.122 e. The zero-order valence-corrected chi connectivity index (χ0v) is 16.9. The highest BCUT2D eigenvalue weighted by Crippen LogP contribution is 2.32. The molecular weight excluding hydrogens is 324 g/mol. The Bertz CT molecular complexity index is 564. The summed E-state index contributed by atoms with van der Waals surface area (Å²) in [6, 6.07) is 4.99. The molecule has 0 aromatic heterocycles. The lowest BCUT2D eigenvalue weighted by molar-refractivity contribution is 0.0368. The van der Waals surface area contributed by atoms with Crippen molar-refractivity contribution >= 4 is 0 Å². The van der Waals surface area contributed by atoms with Crippen LogP contribution in [0.1, 0.15) is 55.3 Å². The molecule has 0 radical (unpaired) electrons. The van der Waals surface area contributed by atoms with Crippen LogP contribution in [0.5, 0.6) is 5.75 Å². The predicted molar refractivity (Wildman–Crippen MR) is 107 cm³/mol. The summed E-state index contributed by atoms with van der Waals surface area (Å²) in [5.41, 5.74) is 4.17. The maximum atomic E-state index is 6.11. The van der Waals surface area contributed by atoms with Gasteiger partial charge in [0, 0.05) is 19.1 Å². The molecule has 0 amide bonds. The van der Waals surface area contributed by atoms with Crippen molar-refractivity contribution in [3.63, 3.8) is 0 Å². The normalized spacial score (nSPS) is 20.4. The minimum absolute atomic E-state index is 0.513. The van der Waals surface area contributed by atoms with Crippen LogP contribution in [-0.4, -0.2) is 62.3 Å². The second-order valence-corrected chi connectivity index (χ2v) is 7.83. The predicted octanol–water partition coefficient (Wildman–Crippen LogP) is 3.95. The van der Waals surface area contributed by atoms with Crippen LogP contribution in [-0.2, 0) is 4.74 Å². The van der Waals surface area contributed by atoms with Gasteiger partial charge in [-0.15, -0.1) is 0 Å². The third-order valence-electron chi connectivity index (χ3n) is 6.15. The van der Waals surface area contributed by atoms with E-state index in [9.17, 15) is 0 Å². The van der Waals surface area contributed by atoms with Crippen LogP contribution >= 0.6 is 0 Å². The molecule has 2 fully saturated rings. The van der Waals surface area contributed by atoms with Crippen LogP contribution in [0.3, 0.4) is 0 Å². The maximum absolute atomic E-state index is 6.11. The number of nitrogens with zero attached hydrogens (tertiary/aromatic N) is 2. The highest BCUT2D eigenvalue weighted by Gasteiger charge is 2.21. The Kier molecular flexibility index (Phi) is 7.35. The van der Waals surface area contributed by atoms with Gasteiger partial charge in [-0.1, -0.05) is 6.07 Å². The van der Waals surface area contributed by atoms with Crippen LogP contribution in [0.15, 0.2) is 12.1 Å². The van der Waals surface area contributed by atoms with Crippen molar-refractivity contribution in [1.29, 1.82) is 0 Å². The molecule has 4 heteroatoms. The third kappa shape index (κ3) is 4.99. The topological polar surface area (TPSA) is 24.9 Å². The standard InChI is InChI=1S/C22H36N2O2/c1-18-19(2)22(9-8-21(18)20(3)24-11-4-5-12-24)26-15-7-6-10-23-13-16-25-17-14-23/h8-9,20H,4-7,10-17H2,1-3H3. The molecule has 2 aliphatic heterocycles. The molecule has 1 aromatic carbocycles. The molecule has 2 aliphatic rings. The molecule has 2 heterocycles. The van der Waals surface area contributed by atoms with Crippen molar-refractivity contribution in [3.05, 3.63) is 28.8 Å². The molecule has 1 unspecified atom stereocenters. The van der Waals surface area contributed by atoms with E-state index in [1.807, 2.05) is 0 Å². The summed E-state index contributed by atoms with van der Waals surface area (Å²) in [5, 5.41) is 0. The lowest BCUT2D eigenvalue weighted by atomic mass is 9.97. The average molecular weight is 361 g/mol. The number of ether oxygens (including phenoxy) is 2. The molecule has 4 nitrogen and oxygen atoms in total. The fourth-order valence-corrected chi connectivity index (χ4v) is 4.20. The van der Waals surface area contributed by atoms with Gasteiger partial charge in [-0.3, -0.25) is 9.80 Å². The molecular formula is C22H36N2O2. The molecule has 146 valence electrons. The summed E-state index contributed by atoms with van der Waals surface area (Å²) in [6.45, 7) is 15.2. The van der Waals surface area contributed by atoms with E-state index in [4.69, 9.17) is 9.47 Å². The summed E-state index contributed by atoms with van der Waals surface area (Å²) >= 11 is 0. The Balaban J connectivity index is 1.46. The second kappa shape index (κ2) is 9.72. The lowest BCUT2D eigenvalue weighted by Gasteiger charge is -2.27. The molecule has 0 aliphatic carbocycles. The van der Waals surface area contributed by atoms with E-state index in [1.54, 1.807) is 0 Å². The van der Waals surface area contributed by atoms with Crippen LogP contribution in [0.4, 0.5) is 0 Å². The van der Waals surface area contributed by atoms with Gasteiger partial charge in [0.05, 0.1) is 19.8 Å². The van der Waals surface area contributed by atoms with E-state index < -0.39 is 0 Å². The highest BCUT2D eigenvalue weighted by atomic mass is 16.5. The SMILES string of the molecule is Cc1c(OCCCCN2CCOCC2)ccc(C(C)N2CCCC2)c1C. The average Bonchev–Trinajstić information content (AvgIpc) is 3.20. The van der Waals surface area contributed by atoms with Crippen LogP contribution < -0.4 is 4.74 Å². The minimum atomic E-state index is 0.513. The van der Waals surface area contributed by atoms with Gasteiger partial charge in [0.15, 0.2) is 0 Å². The summed E-state index contributed by atoms with van der Waals surface area (Å²) < 4.78 is 11.5. The van der Waals surface area contributed by atoms with Crippen molar-refractivity contribution in [2.24, 2.45) is 0 Å². The Morgan fingerprint density at radius 2 is 1.73 bits per heavy atom. The largest absolute Gasteiger partial charge is 0.493 e. The Labute approximate surface area is 159 Å². The van der Waals surface area contributed by atoms with Crippen molar-refractivity contribution < 1.29 is 9.47 Å². The first-order valence-electron chi connectivity index (χ1n) is 10.4. The van der Waals surface area contributed by atoms with E-state index in [2.05, 4.69) is 42.7 Å². The third-order valence-corrected chi connectivity index (χ3v) is 6.15. The monoisotopic (exact) mass is 360 g/mol. The molecule has 1 atom stereocenters. The molecule has 0 N–H and O–H groups in total. The van der Waals surface area contributed by atoms with Gasteiger partial charge in [-0.2, -0.15) is 0 Å². The molecule has 3 rings (SSSR count). The number of benzene rings is 1. The quantitative estimate of drug-likeness (QED) is 0.655. The molecule has 0 spiro atoms. The van der Waals surface area contributed by atoms with Crippen LogP contribution in [0.2, 0.25) is 0 Å². The van der Waals surface area contributed by atoms with Gasteiger partial charge in [0.25, 0.3) is 0 Å². The van der Waals surface area contributed by atoms with Gasteiger partial charge in [-0.05, 0) is 88.8 Å². The van der Waals surface area contributed by atoms with Gasteiger partial charge < -0.3 is 9.47 Å². The molecule has 0 bridgehead atoms. The summed E-state index contributed by atoms with van der Waals surface area (Å²) in [6.07, 6.45) is 4.99. The minimum Gasteiger partial charge on any atom is -0.493 e. The number of morpholine rings is 1. The van der Waals surface area contributed by atoms with Crippen LogP contribution in [0.25, 0.3) is 0 Å². The second-order valence-electron chi connectivity index (χ2n) is 7.83. The zero-order valence-electron chi connectivity index (χ0n) is 16.9. The van der Waals surface area contributed by atoms with Crippen molar-refractivity contribution in [2.45, 2.75) is 52.5 Å². The van der Waals surface area contributed by atoms with Crippen LogP contribution in [0, 0.1) is 13.8 Å². The van der Waals surface area contributed by atoms with E-state index in [0.717, 1.165) is 51.6 Å². The Morgan fingerprint density at radius 3 is 2.46 bits per heavy atom. The number of hydrogen-bond acceptors (Lipinski definition) is 4. The Morgan fingerprint density at radius 1 is 1.00 bits per heavy atom. The van der Waals surface area contributed by atoms with Crippen molar-refractivity contribution in [3.8, 4) is 5.75 Å². The number of rotatable bonds is 8. The molecule has 2 saturated heterocycles. The fraction of sp³-hybridized carbons (Fsp3) is 0.727. The number of hydrogen-bond donors (Lipinski definition) is 0. The van der Waals surface area contributed by atoms with Crippen molar-refractivity contribution in [2.75, 3.05) is 52.5 Å². The molecule has 1 aromatic rings. The lowest BCUT2D eigenvalue weighted by Crippen LogP contribution is -2.36. The van der Waals surface area contributed by atoms with Crippen molar-refractivity contribution in [1.82, 2.24) is 9.80 Å². The summed E-state index contributed by atoms with van der Waals surface area (Å²) in [7, 11) is 0. The van der Waals surface area contributed by atoms with Gasteiger partial charge >= 0.3 is 0 Å². The number of likely N-dealkylation sites (tertiary alicyclic amines) is 1. The highest BCUT2D eigenvalue weighted by molar-refractivity contribution is 5.44. The van der Waals surface area contributed by atoms with Gasteiger partial charge in [0.2, 0.25) is 0 Å². The number of unbranched alkanes of at least 4 members (excludes halogenated alkanes) is 1. The fourth-order valence-electron chi connectivity index (χ4n) is 4.20. The first-order valence-corrected chi connectivity index (χ1v) is 10.4. The first-order chi connectivity index (χ1) is 12.7. The first kappa shape index (κ1) is 19.7. The summed E-state index contributed by atoms with van der Waals surface area (Å²) in [5.74, 6) is 1.06. The van der Waals surface area contributed by atoms with Gasteiger partial charge in [-0.25, -0.2) is 0 Å².